The first-order valence-electron chi connectivity index (χ1n) is 3.80. The average Bonchev–Trinajstić information content (AvgIpc) is 2.55. The molecule has 0 bridgehead atoms. The van der Waals surface area contributed by atoms with E-state index in [0.717, 1.165) is 8.24 Å². The summed E-state index contributed by atoms with van der Waals surface area (Å²) < 4.78 is 67.0. The Balaban J connectivity index is -0.0000000380. The van der Waals surface area contributed by atoms with Gasteiger partial charge in [-0.05, 0) is 5.04 Å². The van der Waals surface area contributed by atoms with Crippen LogP contribution in [0.3, 0.4) is 0 Å². The summed E-state index contributed by atoms with van der Waals surface area (Å²) in [7, 11) is 9.50. The second-order valence-corrected chi connectivity index (χ2v) is 8.88. The first-order chi connectivity index (χ1) is 12.3. The summed E-state index contributed by atoms with van der Waals surface area (Å²) in [5.41, 5.74) is 0. The molecule has 0 aromatic heterocycles. The van der Waals surface area contributed by atoms with Gasteiger partial charge >= 0.3 is 112 Å². The van der Waals surface area contributed by atoms with Gasteiger partial charge in [-0.3, -0.25) is 0 Å². The van der Waals surface area contributed by atoms with Crippen molar-refractivity contribution >= 4 is 86.0 Å². The Morgan fingerprint density at radius 2 is 0.882 bits per heavy atom. The molecule has 0 spiro atoms. The summed E-state index contributed by atoms with van der Waals surface area (Å²) in [6.07, 6.45) is 0. The van der Waals surface area contributed by atoms with E-state index in [2.05, 4.69) is 91.4 Å². The molecule has 0 aromatic rings. The standard InChI is InChI=1S/4Fe.H2O16S4.6H2O.S2.2S/c;;;;1-7-10-17(3)12-9-13-19(5)16-20(6)15-14-18(4)11-8-2;;;;;;;1-2;;/h;;;;1-2H;6*1H2;;;. The van der Waals surface area contributed by atoms with Gasteiger partial charge in [0.25, 0.3) is 0 Å². The summed E-state index contributed by atoms with van der Waals surface area (Å²) in [5, 5.41) is 24.4. The Kier molecular flexibility index (Phi) is 126. The molecule has 4 atom stereocenters. The molecule has 0 radical (unpaired) electrons. The van der Waals surface area contributed by atoms with Gasteiger partial charge in [0.05, 0.1) is 0 Å². The van der Waals surface area contributed by atoms with Crippen LogP contribution in [0.5, 0.6) is 0 Å². The molecule has 0 aliphatic heterocycles. The molecule has 0 fully saturated rings. The van der Waals surface area contributed by atoms with Crippen LogP contribution < -0.4 is 0 Å². The van der Waals surface area contributed by atoms with Crippen LogP contribution in [0.25, 0.3) is 0 Å². The van der Waals surface area contributed by atoms with Crippen LogP contribution in [-0.4, -0.2) is 60.2 Å². The van der Waals surface area contributed by atoms with Crippen LogP contribution in [0, 0.1) is 0 Å². The van der Waals surface area contributed by atoms with E-state index in [1.165, 1.54) is 0 Å². The second-order valence-electron chi connectivity index (χ2n) is 1.63. The van der Waals surface area contributed by atoms with Crippen molar-refractivity contribution in [1.29, 1.82) is 0 Å². The van der Waals surface area contributed by atoms with Crippen LogP contribution in [0.2, 0.25) is 0 Å². The van der Waals surface area contributed by atoms with Gasteiger partial charge in [-0.1, -0.05) is 36.1 Å². The molecule has 0 rings (SSSR count). The van der Waals surface area contributed by atoms with Gasteiger partial charge in [-0.2, -0.15) is 16.8 Å². The number of hydrogen-bond donors (Lipinski definition) is 2. The van der Waals surface area contributed by atoms with Crippen molar-refractivity contribution in [3.8, 4) is 0 Å². The SMILES string of the molecule is O.O.O.O.O.O.O=S(OOO)OOOS(=O)OS(=O)OOS(=O)OOO.S=[S]=[Fe].[Fe].[Fe].[S]=[Fe]=[S]. The zero-order chi connectivity index (χ0) is 20.8. The molecule has 0 aromatic carbocycles. The van der Waals surface area contributed by atoms with Crippen LogP contribution in [0.1, 0.15) is 0 Å². The molecule has 14 N–H and O–H groups in total. The van der Waals surface area contributed by atoms with E-state index in [0.29, 0.717) is 11.7 Å². The van der Waals surface area contributed by atoms with Gasteiger partial charge < -0.3 is 32.9 Å². The predicted molar refractivity (Wildman–Crippen MR) is 100 cm³/mol. The van der Waals surface area contributed by atoms with E-state index in [4.69, 9.17) is 10.5 Å². The van der Waals surface area contributed by atoms with Gasteiger partial charge in [0.2, 0.25) is 0 Å². The van der Waals surface area contributed by atoms with Gasteiger partial charge in [0.15, 0.2) is 0 Å². The minimum atomic E-state index is -2.96. The summed E-state index contributed by atoms with van der Waals surface area (Å²) in [6.45, 7) is 0. The number of hydrogen-bond acceptors (Lipinski definition) is 19. The van der Waals surface area contributed by atoms with Gasteiger partial charge in [-0.15, -0.1) is 3.63 Å². The first-order valence-corrected chi connectivity index (χ1v) is 14.1. The third-order valence-corrected chi connectivity index (χ3v) is 2.60. The van der Waals surface area contributed by atoms with Crippen LogP contribution in [0.15, 0.2) is 0 Å². The van der Waals surface area contributed by atoms with E-state index in [1.54, 1.807) is 0 Å². The Morgan fingerprint density at radius 1 is 0.647 bits per heavy atom. The number of rotatable bonds is 13. The molecule has 0 heterocycles. The summed E-state index contributed by atoms with van der Waals surface area (Å²) in [5.74, 6) is 0. The molecule has 0 aliphatic carbocycles. The van der Waals surface area contributed by atoms with Gasteiger partial charge in [-0.25, -0.2) is 10.5 Å². The second kappa shape index (κ2) is 60.4. The summed E-state index contributed by atoms with van der Waals surface area (Å²) in [4.78, 5) is 0. The van der Waals surface area contributed by atoms with E-state index in [9.17, 15) is 16.8 Å². The van der Waals surface area contributed by atoms with E-state index >= 15 is 0 Å². The third kappa shape index (κ3) is 70.2. The van der Waals surface area contributed by atoms with Crippen LogP contribution in [0.4, 0.5) is 0 Å². The topological polar surface area (TPSA) is 390 Å². The third-order valence-electron chi connectivity index (χ3n) is 0.589. The fourth-order valence-corrected chi connectivity index (χ4v) is 1.48. The molecule has 226 valence electrons. The van der Waals surface area contributed by atoms with Crippen molar-refractivity contribution in [2.24, 2.45) is 0 Å². The van der Waals surface area contributed by atoms with Crippen molar-refractivity contribution in [3.05, 3.63) is 0 Å². The Labute approximate surface area is 248 Å². The van der Waals surface area contributed by atoms with Crippen LogP contribution in [-0.2, 0) is 170 Å². The molecule has 0 aliphatic rings. The van der Waals surface area contributed by atoms with Crippen LogP contribution >= 0.6 is 21.1 Å². The Bertz CT molecular complexity index is 503. The quantitative estimate of drug-likeness (QED) is 0.0991. The van der Waals surface area contributed by atoms with E-state index < -0.39 is 45.4 Å². The Hall–Kier alpha value is 2.84. The Morgan fingerprint density at radius 3 is 1.21 bits per heavy atom. The maximum atomic E-state index is 10.7. The minimum absolute atomic E-state index is 0. The molecule has 0 saturated carbocycles. The fourth-order valence-electron chi connectivity index (χ4n) is 0.242. The van der Waals surface area contributed by atoms with Crippen molar-refractivity contribution in [3.63, 3.8) is 0 Å². The molecule has 0 saturated heterocycles. The average molecular weight is 846 g/mol. The van der Waals surface area contributed by atoms with Gasteiger partial charge in [0.1, 0.15) is 0 Å². The summed E-state index contributed by atoms with van der Waals surface area (Å²) in [6, 6.07) is 0. The zero-order valence-corrected chi connectivity index (χ0v) is 25.2. The van der Waals surface area contributed by atoms with E-state index in [-0.39, 0.29) is 67.0 Å². The molecular formula is H14Fe4O22S8. The molecule has 22 nitrogen and oxygen atoms in total. The predicted octanol–water partition coefficient (Wildman–Crippen LogP) is -5.68. The normalized spacial score (nSPS) is 11.1. The van der Waals surface area contributed by atoms with Crippen molar-refractivity contribution < 1.29 is 165 Å². The molecule has 34 heavy (non-hydrogen) atoms. The van der Waals surface area contributed by atoms with Gasteiger partial charge in [0, 0.05) is 34.1 Å². The van der Waals surface area contributed by atoms with Crippen molar-refractivity contribution in [2.75, 3.05) is 0 Å². The monoisotopic (exact) mass is 846 g/mol. The molecule has 0 amide bonds. The fraction of sp³-hybridized carbons (Fsp3) is 0. The van der Waals surface area contributed by atoms with Crippen molar-refractivity contribution in [2.45, 2.75) is 0 Å². The summed E-state index contributed by atoms with van der Waals surface area (Å²) >= 11 is -3.70. The molecule has 4 unspecified atom stereocenters. The first kappa shape index (κ1) is 70.9. The van der Waals surface area contributed by atoms with E-state index in [1.807, 2.05) is 0 Å². The van der Waals surface area contributed by atoms with Crippen molar-refractivity contribution in [1.82, 2.24) is 0 Å². The zero-order valence-electron chi connectivity index (χ0n) is 14.3. The molecule has 34 heteroatoms. The maximum absolute atomic E-state index is 10.7. The molecular weight excluding hydrogens is 832 g/mol.